The topological polar surface area (TPSA) is 60.9 Å². The lowest BCUT2D eigenvalue weighted by molar-refractivity contribution is -0.151. The van der Waals surface area contributed by atoms with Gasteiger partial charge in [-0.05, 0) is 45.7 Å². The Hall–Kier alpha value is -1.10. The number of hydrogen-bond acceptors (Lipinski definition) is 3. The summed E-state index contributed by atoms with van der Waals surface area (Å²) in [5.41, 5.74) is 0. The fourth-order valence-corrected chi connectivity index (χ4v) is 3.11. The molecule has 0 radical (unpaired) electrons. The van der Waals surface area contributed by atoms with Crippen LogP contribution in [0.1, 0.15) is 39.0 Å². The predicted molar refractivity (Wildman–Crippen MR) is 71.8 cm³/mol. The second-order valence-corrected chi connectivity index (χ2v) is 5.71. The van der Waals surface area contributed by atoms with Crippen molar-refractivity contribution in [1.82, 2.24) is 9.80 Å². The zero-order chi connectivity index (χ0) is 13.8. The van der Waals surface area contributed by atoms with E-state index in [0.717, 1.165) is 12.8 Å². The molecule has 1 amide bonds. The van der Waals surface area contributed by atoms with Crippen LogP contribution in [0.25, 0.3) is 0 Å². The van der Waals surface area contributed by atoms with Gasteiger partial charge in [-0.15, -0.1) is 0 Å². The van der Waals surface area contributed by atoms with Crippen LogP contribution in [-0.4, -0.2) is 59.0 Å². The van der Waals surface area contributed by atoms with E-state index in [9.17, 15) is 9.59 Å². The van der Waals surface area contributed by atoms with Gasteiger partial charge in [-0.25, -0.2) is 0 Å². The first-order valence-electron chi connectivity index (χ1n) is 7.35. The molecule has 2 aliphatic heterocycles. The van der Waals surface area contributed by atoms with Crippen LogP contribution >= 0.6 is 0 Å². The van der Waals surface area contributed by atoms with Gasteiger partial charge < -0.3 is 14.9 Å². The third-order valence-corrected chi connectivity index (χ3v) is 4.42. The summed E-state index contributed by atoms with van der Waals surface area (Å²) >= 11 is 0. The van der Waals surface area contributed by atoms with Crippen LogP contribution in [0.4, 0.5) is 0 Å². The Bertz CT molecular complexity index is 332. The number of nitrogens with zero attached hydrogens (tertiary/aromatic N) is 2. The Morgan fingerprint density at radius 2 is 1.63 bits per heavy atom. The summed E-state index contributed by atoms with van der Waals surface area (Å²) in [5.74, 6) is -2.17. The minimum absolute atomic E-state index is 0.232. The van der Waals surface area contributed by atoms with E-state index in [2.05, 4.69) is 4.90 Å². The number of carboxylic acids is 1. The zero-order valence-corrected chi connectivity index (χ0v) is 11.7. The number of carbonyl (C=O) groups excluding carboxylic acids is 1. The molecular formula is C14H24N2O3. The lowest BCUT2D eigenvalue weighted by atomic mass is 9.99. The third-order valence-electron chi connectivity index (χ3n) is 4.42. The highest BCUT2D eigenvalue weighted by molar-refractivity contribution is 5.96. The molecule has 2 fully saturated rings. The quantitative estimate of drug-likeness (QED) is 0.781. The summed E-state index contributed by atoms with van der Waals surface area (Å²) in [7, 11) is 0. The molecule has 19 heavy (non-hydrogen) atoms. The van der Waals surface area contributed by atoms with Crippen molar-refractivity contribution in [1.29, 1.82) is 0 Å². The number of likely N-dealkylation sites (tertiary alicyclic amines) is 2. The van der Waals surface area contributed by atoms with E-state index < -0.39 is 11.9 Å². The number of aliphatic carboxylic acids is 1. The highest BCUT2D eigenvalue weighted by atomic mass is 16.4. The lowest BCUT2D eigenvalue weighted by Crippen LogP contribution is -2.49. The van der Waals surface area contributed by atoms with Crippen molar-refractivity contribution < 1.29 is 14.7 Å². The highest BCUT2D eigenvalue weighted by Crippen LogP contribution is 2.21. The fraction of sp³-hybridized carbons (Fsp3) is 0.857. The van der Waals surface area contributed by atoms with E-state index in [4.69, 9.17) is 5.11 Å². The van der Waals surface area contributed by atoms with E-state index in [1.807, 2.05) is 0 Å². The first kappa shape index (κ1) is 14.3. The summed E-state index contributed by atoms with van der Waals surface area (Å²) in [6.45, 7) is 5.25. The average molecular weight is 268 g/mol. The Kier molecular flexibility index (Phi) is 4.80. The predicted octanol–water partition coefficient (Wildman–Crippen LogP) is 1.18. The Morgan fingerprint density at radius 3 is 2.16 bits per heavy atom. The molecule has 0 aromatic heterocycles. The van der Waals surface area contributed by atoms with Crippen LogP contribution in [-0.2, 0) is 9.59 Å². The molecule has 0 aliphatic carbocycles. The molecule has 0 saturated carbocycles. The van der Waals surface area contributed by atoms with Crippen molar-refractivity contribution in [3.8, 4) is 0 Å². The first-order valence-corrected chi connectivity index (χ1v) is 7.35. The molecule has 108 valence electrons. The molecule has 2 heterocycles. The van der Waals surface area contributed by atoms with E-state index in [0.29, 0.717) is 19.1 Å². The molecule has 5 nitrogen and oxygen atoms in total. The smallest absolute Gasteiger partial charge is 0.315 e. The van der Waals surface area contributed by atoms with Gasteiger partial charge in [0.1, 0.15) is 5.92 Å². The van der Waals surface area contributed by atoms with Crippen LogP contribution in [0.5, 0.6) is 0 Å². The molecule has 0 bridgehead atoms. The van der Waals surface area contributed by atoms with Crippen molar-refractivity contribution in [3.05, 3.63) is 0 Å². The van der Waals surface area contributed by atoms with E-state index >= 15 is 0 Å². The van der Waals surface area contributed by atoms with Gasteiger partial charge in [-0.2, -0.15) is 0 Å². The molecule has 1 N–H and O–H groups in total. The standard InChI is InChI=1S/C14H24N2O3/c1-11(14(18)19)13(17)16-9-5-12(6-10-16)15-7-3-2-4-8-15/h11-12H,2-10H2,1H3,(H,18,19). The first-order chi connectivity index (χ1) is 9.09. The van der Waals surface area contributed by atoms with Gasteiger partial charge in [0.2, 0.25) is 5.91 Å². The van der Waals surface area contributed by atoms with Gasteiger partial charge in [0, 0.05) is 19.1 Å². The largest absolute Gasteiger partial charge is 0.481 e. The van der Waals surface area contributed by atoms with Gasteiger partial charge >= 0.3 is 5.97 Å². The monoisotopic (exact) mass is 268 g/mol. The molecular weight excluding hydrogens is 244 g/mol. The Morgan fingerprint density at radius 1 is 1.05 bits per heavy atom. The number of carboxylic acid groups (broad SMARTS) is 1. The minimum Gasteiger partial charge on any atom is -0.481 e. The normalized spacial score (nSPS) is 24.2. The SMILES string of the molecule is CC(C(=O)O)C(=O)N1CCC(N2CCCCC2)CC1. The van der Waals surface area contributed by atoms with E-state index in [-0.39, 0.29) is 5.91 Å². The van der Waals surface area contributed by atoms with Crippen LogP contribution in [0.3, 0.4) is 0 Å². The molecule has 0 aromatic carbocycles. The molecule has 5 heteroatoms. The van der Waals surface area contributed by atoms with E-state index in [1.54, 1.807) is 4.90 Å². The van der Waals surface area contributed by atoms with Gasteiger partial charge in [0.15, 0.2) is 0 Å². The summed E-state index contributed by atoms with van der Waals surface area (Å²) in [4.78, 5) is 27.1. The van der Waals surface area contributed by atoms with Crippen LogP contribution in [0, 0.1) is 5.92 Å². The molecule has 2 saturated heterocycles. The number of rotatable bonds is 3. The molecule has 1 unspecified atom stereocenters. The van der Waals surface area contributed by atoms with Crippen LogP contribution in [0.15, 0.2) is 0 Å². The maximum absolute atomic E-state index is 12.0. The molecule has 2 aliphatic rings. The van der Waals surface area contributed by atoms with Crippen molar-refractivity contribution in [3.63, 3.8) is 0 Å². The molecule has 1 atom stereocenters. The Balaban J connectivity index is 1.81. The van der Waals surface area contributed by atoms with Crippen molar-refractivity contribution in [2.45, 2.75) is 45.1 Å². The number of piperidine rings is 2. The van der Waals surface area contributed by atoms with Crippen molar-refractivity contribution in [2.75, 3.05) is 26.2 Å². The summed E-state index contributed by atoms with van der Waals surface area (Å²) < 4.78 is 0. The van der Waals surface area contributed by atoms with Crippen LogP contribution < -0.4 is 0 Å². The van der Waals surface area contributed by atoms with Crippen molar-refractivity contribution in [2.24, 2.45) is 5.92 Å². The number of carbonyl (C=O) groups is 2. The highest BCUT2D eigenvalue weighted by Gasteiger charge is 2.31. The van der Waals surface area contributed by atoms with Crippen molar-refractivity contribution >= 4 is 11.9 Å². The number of amides is 1. The summed E-state index contributed by atoms with van der Waals surface area (Å²) in [5, 5.41) is 8.88. The summed E-state index contributed by atoms with van der Waals surface area (Å²) in [6.07, 6.45) is 5.88. The molecule has 2 rings (SSSR count). The lowest BCUT2D eigenvalue weighted by Gasteiger charge is -2.40. The maximum atomic E-state index is 12.0. The Labute approximate surface area is 114 Å². The van der Waals surface area contributed by atoms with Gasteiger partial charge in [-0.1, -0.05) is 6.42 Å². The molecule has 0 aromatic rings. The van der Waals surface area contributed by atoms with Crippen LogP contribution in [0.2, 0.25) is 0 Å². The van der Waals surface area contributed by atoms with Gasteiger partial charge in [0.05, 0.1) is 0 Å². The molecule has 0 spiro atoms. The second kappa shape index (κ2) is 6.37. The average Bonchev–Trinajstić information content (AvgIpc) is 2.46. The van der Waals surface area contributed by atoms with Gasteiger partial charge in [-0.3, -0.25) is 9.59 Å². The van der Waals surface area contributed by atoms with Gasteiger partial charge in [0.25, 0.3) is 0 Å². The second-order valence-electron chi connectivity index (χ2n) is 5.71. The minimum atomic E-state index is -1.02. The fourth-order valence-electron chi connectivity index (χ4n) is 3.11. The third kappa shape index (κ3) is 3.47. The maximum Gasteiger partial charge on any atom is 0.315 e. The summed E-state index contributed by atoms with van der Waals surface area (Å²) in [6, 6.07) is 0.587. The number of hydrogen-bond donors (Lipinski definition) is 1. The zero-order valence-electron chi connectivity index (χ0n) is 11.7. The van der Waals surface area contributed by atoms with E-state index in [1.165, 1.54) is 39.3 Å².